The fourth-order valence-corrected chi connectivity index (χ4v) is 3.54. The largest absolute Gasteiger partial charge is 0.391 e. The summed E-state index contributed by atoms with van der Waals surface area (Å²) in [7, 11) is 0. The maximum atomic E-state index is 14.2. The van der Waals surface area contributed by atoms with E-state index in [9.17, 15) is 14.6 Å². The molecule has 25 heavy (non-hydrogen) atoms. The molecule has 0 radical (unpaired) electrons. The molecule has 0 aliphatic heterocycles. The Morgan fingerprint density at radius 1 is 1.40 bits per heavy atom. The molecule has 2 unspecified atom stereocenters. The van der Waals surface area contributed by atoms with Crippen LogP contribution in [-0.2, 0) is 13.0 Å². The molecular formula is C17H20Cl2FN3O2. The smallest absolute Gasteiger partial charge is 0.145 e. The number of benzene rings is 1. The average Bonchev–Trinajstić information content (AvgIpc) is 3.13. The van der Waals surface area contributed by atoms with E-state index < -0.39 is 22.4 Å². The van der Waals surface area contributed by atoms with Crippen LogP contribution >= 0.6 is 23.2 Å². The number of hydrogen-bond acceptors (Lipinski definition) is 4. The number of aliphatic hydroxyl groups is 2. The van der Waals surface area contributed by atoms with Gasteiger partial charge in [0.2, 0.25) is 0 Å². The zero-order valence-electron chi connectivity index (χ0n) is 13.6. The number of aromatic nitrogens is 3. The van der Waals surface area contributed by atoms with Gasteiger partial charge in [0, 0.05) is 6.42 Å². The summed E-state index contributed by atoms with van der Waals surface area (Å²) in [5, 5.41) is 25.3. The van der Waals surface area contributed by atoms with E-state index in [-0.39, 0.29) is 24.4 Å². The topological polar surface area (TPSA) is 71.2 Å². The van der Waals surface area contributed by atoms with Gasteiger partial charge in [-0.05, 0) is 37.3 Å². The van der Waals surface area contributed by atoms with E-state index >= 15 is 0 Å². The van der Waals surface area contributed by atoms with Crippen molar-refractivity contribution in [2.24, 2.45) is 0 Å². The molecule has 0 saturated heterocycles. The van der Waals surface area contributed by atoms with Crippen LogP contribution in [0.25, 0.3) is 0 Å². The van der Waals surface area contributed by atoms with Gasteiger partial charge in [-0.15, -0.1) is 11.6 Å². The quantitative estimate of drug-likeness (QED) is 0.683. The number of nitrogens with zero attached hydrogens (tertiary/aromatic N) is 3. The van der Waals surface area contributed by atoms with Crippen LogP contribution in [0.5, 0.6) is 0 Å². The average molecular weight is 388 g/mol. The molecule has 1 aliphatic rings. The molecule has 8 heteroatoms. The second-order valence-electron chi connectivity index (χ2n) is 6.70. The van der Waals surface area contributed by atoms with Crippen molar-refractivity contribution in [1.82, 2.24) is 14.8 Å². The van der Waals surface area contributed by atoms with Gasteiger partial charge in [-0.25, -0.2) is 9.37 Å². The fourth-order valence-electron chi connectivity index (χ4n) is 3.09. The maximum absolute atomic E-state index is 14.2. The molecule has 5 nitrogen and oxygen atoms in total. The minimum atomic E-state index is -1.32. The fraction of sp³-hybridized carbons (Fsp3) is 0.529. The van der Waals surface area contributed by atoms with Gasteiger partial charge >= 0.3 is 0 Å². The summed E-state index contributed by atoms with van der Waals surface area (Å²) in [5.41, 5.74) is -0.989. The Labute approximate surface area is 155 Å². The van der Waals surface area contributed by atoms with Crippen LogP contribution in [0.15, 0.2) is 30.9 Å². The van der Waals surface area contributed by atoms with Crippen LogP contribution < -0.4 is 0 Å². The molecule has 1 aliphatic carbocycles. The van der Waals surface area contributed by atoms with Crippen molar-refractivity contribution in [2.75, 3.05) is 0 Å². The van der Waals surface area contributed by atoms with Crippen molar-refractivity contribution >= 4 is 23.2 Å². The van der Waals surface area contributed by atoms with Gasteiger partial charge in [0.25, 0.3) is 0 Å². The lowest BCUT2D eigenvalue weighted by atomic mass is 9.84. The molecule has 1 aromatic heterocycles. The number of hydrogen-bond donors (Lipinski definition) is 2. The molecule has 3 rings (SSSR count). The Bertz CT molecular complexity index is 725. The Morgan fingerprint density at radius 2 is 2.16 bits per heavy atom. The summed E-state index contributed by atoms with van der Waals surface area (Å²) in [6, 6.07) is 4.71. The molecule has 1 fully saturated rings. The molecule has 136 valence electrons. The minimum Gasteiger partial charge on any atom is -0.391 e. The van der Waals surface area contributed by atoms with Gasteiger partial charge in [-0.3, -0.25) is 4.68 Å². The van der Waals surface area contributed by atoms with Crippen LogP contribution in [0.4, 0.5) is 4.39 Å². The van der Waals surface area contributed by atoms with Crippen LogP contribution in [0.3, 0.4) is 0 Å². The minimum absolute atomic E-state index is 0.0190. The van der Waals surface area contributed by atoms with E-state index in [0.717, 1.165) is 0 Å². The van der Waals surface area contributed by atoms with Crippen molar-refractivity contribution in [3.05, 3.63) is 47.3 Å². The summed E-state index contributed by atoms with van der Waals surface area (Å²) in [6.07, 6.45) is 4.13. The van der Waals surface area contributed by atoms with Crippen molar-refractivity contribution in [2.45, 2.75) is 55.2 Å². The highest BCUT2D eigenvalue weighted by atomic mass is 35.5. The van der Waals surface area contributed by atoms with Gasteiger partial charge in [0.05, 0.1) is 28.1 Å². The summed E-state index contributed by atoms with van der Waals surface area (Å²) in [6.45, 7) is 0.275. The zero-order valence-corrected chi connectivity index (χ0v) is 15.1. The Balaban J connectivity index is 1.70. The molecule has 2 atom stereocenters. The lowest BCUT2D eigenvalue weighted by molar-refractivity contribution is 0.00200. The molecule has 0 spiro atoms. The lowest BCUT2D eigenvalue weighted by Crippen LogP contribution is -2.44. The first-order valence-corrected chi connectivity index (χ1v) is 8.93. The summed E-state index contributed by atoms with van der Waals surface area (Å²) in [4.78, 5) is 3.04. The standard InChI is InChI=1S/C17H20Cl2FN3O2/c18-14-3-1-2-12(15(14)20)8-17(25,16(19)6-7-16)5-4-13(24)9-23-11-21-10-22-23/h1-3,10-11,13,24-25H,4-9H2. The van der Waals surface area contributed by atoms with Gasteiger partial charge in [-0.2, -0.15) is 5.10 Å². The third kappa shape index (κ3) is 4.14. The summed E-state index contributed by atoms with van der Waals surface area (Å²) >= 11 is 12.3. The van der Waals surface area contributed by atoms with Crippen LogP contribution in [0.2, 0.25) is 5.02 Å². The highest BCUT2D eigenvalue weighted by molar-refractivity contribution is 6.30. The third-order valence-electron chi connectivity index (χ3n) is 4.79. The predicted octanol–water partition coefficient (Wildman–Crippen LogP) is 2.96. The normalized spacial score (nSPS) is 19.4. The molecule has 2 aromatic rings. The first-order valence-electron chi connectivity index (χ1n) is 8.18. The first kappa shape index (κ1) is 18.6. The molecule has 1 saturated carbocycles. The Morgan fingerprint density at radius 3 is 2.80 bits per heavy atom. The molecule has 2 N–H and O–H groups in total. The zero-order chi connectivity index (χ0) is 18.1. The second kappa shape index (κ2) is 7.19. The lowest BCUT2D eigenvalue weighted by Gasteiger charge is -2.34. The van der Waals surface area contributed by atoms with Crippen LogP contribution in [-0.4, -0.2) is 41.6 Å². The van der Waals surface area contributed by atoms with Crippen molar-refractivity contribution in [3.8, 4) is 0 Å². The van der Waals surface area contributed by atoms with E-state index in [1.54, 1.807) is 12.1 Å². The molecule has 1 aromatic carbocycles. The highest BCUT2D eigenvalue weighted by Gasteiger charge is 2.57. The Hall–Kier alpha value is -1.21. The number of aliphatic hydroxyl groups excluding tert-OH is 1. The van der Waals surface area contributed by atoms with Crippen molar-refractivity contribution in [3.63, 3.8) is 0 Å². The monoisotopic (exact) mass is 387 g/mol. The van der Waals surface area contributed by atoms with Crippen LogP contribution in [0, 0.1) is 5.82 Å². The van der Waals surface area contributed by atoms with E-state index in [1.165, 1.54) is 23.4 Å². The maximum Gasteiger partial charge on any atom is 0.145 e. The van der Waals surface area contributed by atoms with E-state index in [4.69, 9.17) is 23.2 Å². The number of halogens is 3. The molecule has 0 amide bonds. The second-order valence-corrected chi connectivity index (χ2v) is 7.83. The van der Waals surface area contributed by atoms with Gasteiger partial charge < -0.3 is 10.2 Å². The highest BCUT2D eigenvalue weighted by Crippen LogP contribution is 2.54. The predicted molar refractivity (Wildman–Crippen MR) is 93.1 cm³/mol. The van der Waals surface area contributed by atoms with Crippen molar-refractivity contribution in [1.29, 1.82) is 0 Å². The SMILES string of the molecule is OC(CCC(O)(Cc1cccc(Cl)c1F)C1(Cl)CC1)Cn1cncn1. The van der Waals surface area contributed by atoms with Gasteiger partial charge in [-0.1, -0.05) is 23.7 Å². The molecule has 0 bridgehead atoms. The number of alkyl halides is 1. The first-order chi connectivity index (χ1) is 11.8. The third-order valence-corrected chi connectivity index (χ3v) is 5.81. The van der Waals surface area contributed by atoms with E-state index in [0.29, 0.717) is 24.8 Å². The van der Waals surface area contributed by atoms with Gasteiger partial charge in [0.1, 0.15) is 18.5 Å². The van der Waals surface area contributed by atoms with Crippen molar-refractivity contribution < 1.29 is 14.6 Å². The van der Waals surface area contributed by atoms with Crippen LogP contribution in [0.1, 0.15) is 31.2 Å². The molecular weight excluding hydrogens is 368 g/mol. The molecule has 1 heterocycles. The van der Waals surface area contributed by atoms with E-state index in [2.05, 4.69) is 10.1 Å². The number of rotatable bonds is 8. The van der Waals surface area contributed by atoms with E-state index in [1.807, 2.05) is 0 Å². The van der Waals surface area contributed by atoms with Gasteiger partial charge in [0.15, 0.2) is 0 Å². The Kier molecular flexibility index (Phi) is 5.34. The summed E-state index contributed by atoms with van der Waals surface area (Å²) < 4.78 is 15.8. The summed E-state index contributed by atoms with van der Waals surface area (Å²) in [5.74, 6) is -0.535.